The Labute approximate surface area is 141 Å². The molecule has 0 aliphatic rings. The number of carbonyl (C=O) groups is 1. The van der Waals surface area contributed by atoms with Gasteiger partial charge in [0, 0.05) is 0 Å². The number of nitrogens with zero attached hydrogens (tertiary/aromatic N) is 4. The molecule has 0 saturated heterocycles. The zero-order valence-corrected chi connectivity index (χ0v) is 13.9. The summed E-state index contributed by atoms with van der Waals surface area (Å²) in [6, 6.07) is 1.70. The Morgan fingerprint density at radius 1 is 1.42 bits per heavy atom. The number of hydrogen-bond acceptors (Lipinski definition) is 7. The largest absolute Gasteiger partial charge is 0.474 e. The molecule has 3 aromatic rings. The maximum absolute atomic E-state index is 12.3. The van der Waals surface area contributed by atoms with Crippen molar-refractivity contribution in [1.29, 1.82) is 0 Å². The molecule has 0 radical (unpaired) electrons. The number of carbonyl (C=O) groups excluding carboxylic acids is 1. The summed E-state index contributed by atoms with van der Waals surface area (Å²) in [5, 5.41) is 4.89. The van der Waals surface area contributed by atoms with Crippen LogP contribution in [0.2, 0.25) is 0 Å². The van der Waals surface area contributed by atoms with Crippen LogP contribution in [0.3, 0.4) is 0 Å². The molecule has 1 amide bonds. The highest BCUT2D eigenvalue weighted by Gasteiger charge is 2.10. The highest BCUT2D eigenvalue weighted by molar-refractivity contribution is 7.16. The fourth-order valence-electron chi connectivity index (χ4n) is 2.05. The molecule has 0 saturated carbocycles. The van der Waals surface area contributed by atoms with E-state index in [0.29, 0.717) is 16.1 Å². The van der Waals surface area contributed by atoms with Gasteiger partial charge in [0.05, 0.1) is 30.2 Å². The third-order valence-corrected chi connectivity index (χ3v) is 3.82. The molecule has 1 N–H and O–H groups in total. The van der Waals surface area contributed by atoms with Crippen LogP contribution in [0.25, 0.3) is 10.2 Å². The zero-order valence-electron chi connectivity index (χ0n) is 13.1. The predicted molar refractivity (Wildman–Crippen MR) is 90.3 cm³/mol. The average molecular weight is 345 g/mol. The summed E-state index contributed by atoms with van der Waals surface area (Å²) in [4.78, 5) is 37.3. The Morgan fingerprint density at radius 2 is 2.25 bits per heavy atom. The fourth-order valence-corrected chi connectivity index (χ4v) is 2.77. The topological polar surface area (TPSA) is 99.0 Å². The van der Waals surface area contributed by atoms with Gasteiger partial charge < -0.3 is 10.1 Å². The van der Waals surface area contributed by atoms with Crippen molar-refractivity contribution in [3.05, 3.63) is 40.5 Å². The number of thiophene rings is 1. The lowest BCUT2D eigenvalue weighted by Gasteiger charge is -2.10. The van der Waals surface area contributed by atoms with Gasteiger partial charge in [0.2, 0.25) is 11.8 Å². The van der Waals surface area contributed by atoms with Gasteiger partial charge in [0.1, 0.15) is 11.4 Å². The first kappa shape index (κ1) is 16.1. The van der Waals surface area contributed by atoms with Crippen molar-refractivity contribution in [3.63, 3.8) is 0 Å². The molecule has 0 aromatic carbocycles. The molecular formula is C15H15N5O3S. The normalized spacial score (nSPS) is 11.0. The lowest BCUT2D eigenvalue weighted by Crippen LogP contribution is -2.27. The minimum atomic E-state index is -0.399. The molecule has 0 spiro atoms. The van der Waals surface area contributed by atoms with Crippen molar-refractivity contribution in [2.45, 2.75) is 26.5 Å². The van der Waals surface area contributed by atoms with Crippen LogP contribution >= 0.6 is 11.3 Å². The lowest BCUT2D eigenvalue weighted by molar-refractivity contribution is -0.116. The molecule has 3 heterocycles. The number of ether oxygens (including phenoxy) is 1. The maximum Gasteiger partial charge on any atom is 0.262 e. The first-order chi connectivity index (χ1) is 11.5. The summed E-state index contributed by atoms with van der Waals surface area (Å²) in [6.45, 7) is 3.58. The molecule has 0 aliphatic heterocycles. The molecule has 3 aromatic heterocycles. The highest BCUT2D eigenvalue weighted by atomic mass is 32.1. The number of rotatable bonds is 5. The lowest BCUT2D eigenvalue weighted by atomic mass is 10.4. The number of aromatic nitrogens is 4. The highest BCUT2D eigenvalue weighted by Crippen LogP contribution is 2.13. The van der Waals surface area contributed by atoms with Crippen molar-refractivity contribution in [3.8, 4) is 5.88 Å². The van der Waals surface area contributed by atoms with Gasteiger partial charge in [-0.05, 0) is 25.3 Å². The molecule has 8 nitrogen and oxygen atoms in total. The van der Waals surface area contributed by atoms with Crippen molar-refractivity contribution in [2.75, 3.05) is 5.32 Å². The third kappa shape index (κ3) is 3.57. The Balaban J connectivity index is 1.73. The van der Waals surface area contributed by atoms with E-state index in [1.54, 1.807) is 11.4 Å². The summed E-state index contributed by atoms with van der Waals surface area (Å²) in [5.41, 5.74) is -0.251. The standard InChI is InChI=1S/C15H15N5O3S/c1-9(2)23-13-6-16-5-11(19-13)18-12(21)7-20-8-17-14-10(15(20)22)3-4-24-14/h3-6,8-9H,7H2,1-2H3,(H,18,19,21). The number of anilines is 1. The van der Waals surface area contributed by atoms with E-state index >= 15 is 0 Å². The van der Waals surface area contributed by atoms with Gasteiger partial charge in [0.15, 0.2) is 5.82 Å². The van der Waals surface area contributed by atoms with E-state index in [-0.39, 0.29) is 24.0 Å². The summed E-state index contributed by atoms with van der Waals surface area (Å²) in [7, 11) is 0. The Kier molecular flexibility index (Phi) is 4.52. The molecule has 124 valence electrons. The van der Waals surface area contributed by atoms with Gasteiger partial charge in [-0.15, -0.1) is 11.3 Å². The molecule has 0 atom stereocenters. The Hall–Kier alpha value is -2.81. The van der Waals surface area contributed by atoms with Gasteiger partial charge in [-0.2, -0.15) is 4.98 Å². The quantitative estimate of drug-likeness (QED) is 0.755. The maximum atomic E-state index is 12.3. The first-order valence-electron chi connectivity index (χ1n) is 7.24. The van der Waals surface area contributed by atoms with Crippen LogP contribution in [0.4, 0.5) is 5.82 Å². The average Bonchev–Trinajstić information content (AvgIpc) is 2.99. The molecule has 9 heteroatoms. The van der Waals surface area contributed by atoms with Gasteiger partial charge in [-0.3, -0.25) is 19.1 Å². The van der Waals surface area contributed by atoms with Crippen molar-refractivity contribution < 1.29 is 9.53 Å². The van der Waals surface area contributed by atoms with Crippen molar-refractivity contribution in [1.82, 2.24) is 19.5 Å². The molecule has 3 rings (SSSR count). The summed E-state index contributed by atoms with van der Waals surface area (Å²) in [5.74, 6) is 0.182. The molecule has 24 heavy (non-hydrogen) atoms. The van der Waals surface area contributed by atoms with E-state index in [9.17, 15) is 9.59 Å². The van der Waals surface area contributed by atoms with Crippen molar-refractivity contribution in [2.24, 2.45) is 0 Å². The first-order valence-corrected chi connectivity index (χ1v) is 8.12. The second-order valence-electron chi connectivity index (χ2n) is 5.27. The third-order valence-electron chi connectivity index (χ3n) is 3.00. The monoisotopic (exact) mass is 345 g/mol. The van der Waals surface area contributed by atoms with E-state index in [2.05, 4.69) is 20.3 Å². The summed E-state index contributed by atoms with van der Waals surface area (Å²) in [6.07, 6.45) is 4.19. The van der Waals surface area contributed by atoms with Crippen LogP contribution in [-0.2, 0) is 11.3 Å². The van der Waals surface area contributed by atoms with Crippen LogP contribution in [0.1, 0.15) is 13.8 Å². The van der Waals surface area contributed by atoms with Crippen LogP contribution < -0.4 is 15.6 Å². The number of amides is 1. The van der Waals surface area contributed by atoms with Crippen LogP contribution in [-0.4, -0.2) is 31.5 Å². The van der Waals surface area contributed by atoms with E-state index in [1.807, 2.05) is 13.8 Å². The smallest absolute Gasteiger partial charge is 0.262 e. The summed E-state index contributed by atoms with van der Waals surface area (Å²) < 4.78 is 6.68. The molecule has 0 unspecified atom stereocenters. The second-order valence-corrected chi connectivity index (χ2v) is 6.17. The van der Waals surface area contributed by atoms with Crippen LogP contribution in [0.15, 0.2) is 35.0 Å². The predicted octanol–water partition coefficient (Wildman–Crippen LogP) is 1.67. The van der Waals surface area contributed by atoms with Gasteiger partial charge in [0.25, 0.3) is 5.56 Å². The van der Waals surface area contributed by atoms with Gasteiger partial charge in [-0.1, -0.05) is 0 Å². The van der Waals surface area contributed by atoms with E-state index < -0.39 is 5.91 Å². The van der Waals surface area contributed by atoms with E-state index in [4.69, 9.17) is 4.74 Å². The number of fused-ring (bicyclic) bond motifs is 1. The van der Waals surface area contributed by atoms with Gasteiger partial charge >= 0.3 is 0 Å². The Morgan fingerprint density at radius 3 is 3.04 bits per heavy atom. The zero-order chi connectivity index (χ0) is 17.1. The molecule has 0 bridgehead atoms. The molecule has 0 aliphatic carbocycles. The molecule has 0 fully saturated rings. The number of hydrogen-bond donors (Lipinski definition) is 1. The van der Waals surface area contributed by atoms with Crippen LogP contribution in [0.5, 0.6) is 5.88 Å². The number of nitrogens with one attached hydrogen (secondary N) is 1. The van der Waals surface area contributed by atoms with E-state index in [0.717, 1.165) is 0 Å². The van der Waals surface area contributed by atoms with Gasteiger partial charge in [-0.25, -0.2) is 4.98 Å². The SMILES string of the molecule is CC(C)Oc1cncc(NC(=O)Cn2cnc3sccc3c2=O)n1. The molecular weight excluding hydrogens is 330 g/mol. The van der Waals surface area contributed by atoms with Crippen LogP contribution in [0, 0.1) is 0 Å². The minimum absolute atomic E-state index is 0.0489. The van der Waals surface area contributed by atoms with Crippen molar-refractivity contribution >= 4 is 33.3 Å². The fraction of sp³-hybridized carbons (Fsp3) is 0.267. The Bertz CT molecular complexity index is 934. The minimum Gasteiger partial charge on any atom is -0.474 e. The second kappa shape index (κ2) is 6.75. The van der Waals surface area contributed by atoms with E-state index in [1.165, 1.54) is 34.6 Å². The summed E-state index contributed by atoms with van der Waals surface area (Å²) >= 11 is 1.38.